The number of aryl methyl sites for hydroxylation is 1. The van der Waals surface area contributed by atoms with E-state index in [0.29, 0.717) is 6.04 Å². The van der Waals surface area contributed by atoms with Crippen LogP contribution in [0.4, 0.5) is 5.69 Å². The Morgan fingerprint density at radius 3 is 2.61 bits per heavy atom. The van der Waals surface area contributed by atoms with Crippen LogP contribution in [-0.4, -0.2) is 11.9 Å². The molecular formula is C14H18N2OS. The molecule has 96 valence electrons. The highest BCUT2D eigenvalue weighted by Gasteiger charge is 2.65. The van der Waals surface area contributed by atoms with Crippen molar-refractivity contribution in [3.8, 4) is 0 Å². The van der Waals surface area contributed by atoms with Gasteiger partial charge in [-0.15, -0.1) is 11.3 Å². The van der Waals surface area contributed by atoms with E-state index in [4.69, 9.17) is 5.73 Å². The highest BCUT2D eigenvalue weighted by Crippen LogP contribution is 2.65. The Morgan fingerprint density at radius 1 is 1.39 bits per heavy atom. The number of anilines is 1. The van der Waals surface area contributed by atoms with Gasteiger partial charge in [0.25, 0.3) is 5.91 Å². The van der Waals surface area contributed by atoms with Gasteiger partial charge in [-0.2, -0.15) is 0 Å². The lowest BCUT2D eigenvalue weighted by atomic mass is 10.0. The fourth-order valence-corrected chi connectivity index (χ4v) is 5.19. The SMILES string of the molecule is Cc1sc(C(=O)NC2C3C4CCC(C4)C23)cc1N. The van der Waals surface area contributed by atoms with E-state index >= 15 is 0 Å². The second-order valence-electron chi connectivity index (χ2n) is 6.11. The molecular weight excluding hydrogens is 244 g/mol. The van der Waals surface area contributed by atoms with Gasteiger partial charge in [0.05, 0.1) is 4.88 Å². The minimum absolute atomic E-state index is 0.0820. The zero-order chi connectivity index (χ0) is 12.4. The molecule has 4 heteroatoms. The Balaban J connectivity index is 1.46. The molecule has 3 nitrogen and oxygen atoms in total. The Labute approximate surface area is 111 Å². The Kier molecular flexibility index (Phi) is 2.11. The number of carbonyl (C=O) groups excluding carboxylic acids is 1. The summed E-state index contributed by atoms with van der Waals surface area (Å²) < 4.78 is 0. The average molecular weight is 262 g/mol. The molecule has 4 atom stereocenters. The van der Waals surface area contributed by atoms with Crippen LogP contribution in [0.1, 0.15) is 33.8 Å². The van der Waals surface area contributed by atoms with Crippen LogP contribution in [0.5, 0.6) is 0 Å². The van der Waals surface area contributed by atoms with Gasteiger partial charge in [0, 0.05) is 16.6 Å². The van der Waals surface area contributed by atoms with Crippen molar-refractivity contribution in [3.63, 3.8) is 0 Å². The molecule has 0 aromatic carbocycles. The first-order valence-corrected chi connectivity index (χ1v) is 7.63. The van der Waals surface area contributed by atoms with E-state index in [1.165, 1.54) is 30.6 Å². The van der Waals surface area contributed by atoms with Crippen LogP contribution in [0.25, 0.3) is 0 Å². The maximum Gasteiger partial charge on any atom is 0.261 e. The van der Waals surface area contributed by atoms with E-state index < -0.39 is 0 Å². The molecule has 1 heterocycles. The molecule has 0 radical (unpaired) electrons. The summed E-state index contributed by atoms with van der Waals surface area (Å²) in [6.07, 6.45) is 4.21. The number of hydrogen-bond donors (Lipinski definition) is 2. The van der Waals surface area contributed by atoms with Crippen molar-refractivity contribution in [2.24, 2.45) is 23.7 Å². The van der Waals surface area contributed by atoms with Crippen molar-refractivity contribution in [3.05, 3.63) is 15.8 Å². The molecule has 4 unspecified atom stereocenters. The summed E-state index contributed by atoms with van der Waals surface area (Å²) in [5.41, 5.74) is 6.54. The van der Waals surface area contributed by atoms with Gasteiger partial charge in [0.2, 0.25) is 0 Å². The summed E-state index contributed by atoms with van der Waals surface area (Å²) in [5.74, 6) is 3.48. The molecule has 0 spiro atoms. The van der Waals surface area contributed by atoms with Crippen LogP contribution in [0.2, 0.25) is 0 Å². The fourth-order valence-electron chi connectivity index (χ4n) is 4.35. The number of nitrogens with two attached hydrogens (primary N) is 1. The normalized spacial score (nSPS) is 39.7. The molecule has 3 saturated carbocycles. The summed E-state index contributed by atoms with van der Waals surface area (Å²) in [4.78, 5) is 14.0. The first-order valence-electron chi connectivity index (χ1n) is 6.82. The minimum atomic E-state index is 0.0820. The minimum Gasteiger partial charge on any atom is -0.398 e. The number of nitrogen functional groups attached to an aromatic ring is 1. The van der Waals surface area contributed by atoms with Crippen LogP contribution in [0.3, 0.4) is 0 Å². The monoisotopic (exact) mass is 262 g/mol. The maximum atomic E-state index is 12.2. The van der Waals surface area contributed by atoms with Gasteiger partial charge in [0.15, 0.2) is 0 Å². The van der Waals surface area contributed by atoms with E-state index in [2.05, 4.69) is 5.32 Å². The number of rotatable bonds is 2. The zero-order valence-electron chi connectivity index (χ0n) is 10.5. The molecule has 2 bridgehead atoms. The van der Waals surface area contributed by atoms with E-state index in [0.717, 1.165) is 39.1 Å². The Bertz CT molecular complexity index is 488. The largest absolute Gasteiger partial charge is 0.398 e. The predicted octanol–water partition coefficient (Wildman–Crippen LogP) is 2.41. The highest BCUT2D eigenvalue weighted by atomic mass is 32.1. The molecule has 18 heavy (non-hydrogen) atoms. The van der Waals surface area contributed by atoms with E-state index in [9.17, 15) is 4.79 Å². The average Bonchev–Trinajstić information content (AvgIpc) is 2.71. The third-order valence-corrected chi connectivity index (χ3v) is 6.28. The number of nitrogens with one attached hydrogen (secondary N) is 1. The van der Waals surface area contributed by atoms with Crippen LogP contribution in [0.15, 0.2) is 6.07 Å². The lowest BCUT2D eigenvalue weighted by Gasteiger charge is -2.09. The fraction of sp³-hybridized carbons (Fsp3) is 0.643. The summed E-state index contributed by atoms with van der Waals surface area (Å²) in [5, 5.41) is 3.23. The Hall–Kier alpha value is -1.03. The number of hydrogen-bond acceptors (Lipinski definition) is 3. The molecule has 3 aliphatic carbocycles. The quantitative estimate of drug-likeness (QED) is 0.860. The first-order chi connectivity index (χ1) is 8.65. The third-order valence-electron chi connectivity index (χ3n) is 5.21. The van der Waals surface area contributed by atoms with E-state index in [1.54, 1.807) is 0 Å². The van der Waals surface area contributed by atoms with Crippen LogP contribution >= 0.6 is 11.3 Å². The molecule has 1 aromatic rings. The molecule has 3 aliphatic rings. The van der Waals surface area contributed by atoms with Gasteiger partial charge in [-0.05, 0) is 55.9 Å². The van der Waals surface area contributed by atoms with Crippen molar-refractivity contribution in [1.29, 1.82) is 0 Å². The van der Waals surface area contributed by atoms with Crippen molar-refractivity contribution in [1.82, 2.24) is 5.32 Å². The smallest absolute Gasteiger partial charge is 0.261 e. The van der Waals surface area contributed by atoms with Gasteiger partial charge in [-0.25, -0.2) is 0 Å². The van der Waals surface area contributed by atoms with E-state index in [1.807, 2.05) is 13.0 Å². The number of thiophene rings is 1. The lowest BCUT2D eigenvalue weighted by molar-refractivity contribution is 0.0948. The molecule has 1 aromatic heterocycles. The second-order valence-corrected chi connectivity index (χ2v) is 7.37. The van der Waals surface area contributed by atoms with Crippen molar-refractivity contribution in [2.75, 3.05) is 5.73 Å². The van der Waals surface area contributed by atoms with Gasteiger partial charge < -0.3 is 11.1 Å². The first kappa shape index (κ1) is 10.9. The maximum absolute atomic E-state index is 12.2. The summed E-state index contributed by atoms with van der Waals surface area (Å²) in [6, 6.07) is 2.27. The number of fused-ring (bicyclic) bond motifs is 5. The lowest BCUT2D eigenvalue weighted by Crippen LogP contribution is -2.29. The number of carbonyl (C=O) groups is 1. The summed E-state index contributed by atoms with van der Waals surface area (Å²) >= 11 is 1.50. The Morgan fingerprint density at radius 2 is 2.06 bits per heavy atom. The van der Waals surface area contributed by atoms with Gasteiger partial charge in [0.1, 0.15) is 0 Å². The van der Waals surface area contributed by atoms with Gasteiger partial charge in [-0.3, -0.25) is 4.79 Å². The third kappa shape index (κ3) is 1.38. The van der Waals surface area contributed by atoms with Crippen molar-refractivity contribution in [2.45, 2.75) is 32.2 Å². The number of amides is 1. The van der Waals surface area contributed by atoms with Crippen LogP contribution in [-0.2, 0) is 0 Å². The predicted molar refractivity (Wildman–Crippen MR) is 72.5 cm³/mol. The molecule has 0 aliphatic heterocycles. The van der Waals surface area contributed by atoms with Gasteiger partial charge in [-0.1, -0.05) is 0 Å². The summed E-state index contributed by atoms with van der Waals surface area (Å²) in [7, 11) is 0. The zero-order valence-corrected chi connectivity index (χ0v) is 11.3. The molecule has 4 rings (SSSR count). The standard InChI is InChI=1S/C14H18N2OS/c1-6-9(15)5-10(18-6)14(17)16-13-11-7-2-3-8(4-7)12(11)13/h5,7-8,11-13H,2-4,15H2,1H3,(H,16,17). The topological polar surface area (TPSA) is 55.1 Å². The molecule has 3 fully saturated rings. The van der Waals surface area contributed by atoms with Crippen LogP contribution in [0, 0.1) is 30.6 Å². The van der Waals surface area contributed by atoms with Crippen LogP contribution < -0.4 is 11.1 Å². The van der Waals surface area contributed by atoms with Crippen molar-refractivity contribution >= 4 is 22.9 Å². The second kappa shape index (κ2) is 3.50. The van der Waals surface area contributed by atoms with E-state index in [-0.39, 0.29) is 5.91 Å². The van der Waals surface area contributed by atoms with Gasteiger partial charge >= 0.3 is 0 Å². The highest BCUT2D eigenvalue weighted by molar-refractivity contribution is 7.14. The molecule has 3 N–H and O–H groups in total. The van der Waals surface area contributed by atoms with Crippen molar-refractivity contribution < 1.29 is 4.79 Å². The molecule has 0 saturated heterocycles. The molecule has 1 amide bonds. The summed E-state index contributed by atoms with van der Waals surface area (Å²) in [6.45, 7) is 1.96.